The molecule has 0 bridgehead atoms. The number of aromatic amines is 1. The summed E-state index contributed by atoms with van der Waals surface area (Å²) in [5.41, 5.74) is 1.69. The third-order valence-electron chi connectivity index (χ3n) is 5.56. The number of methoxy groups -OCH3 is 1. The molecule has 2 N–H and O–H groups in total. The molecular formula is C25H31N5O4S. The van der Waals surface area contributed by atoms with E-state index in [4.69, 9.17) is 21.7 Å². The molecule has 0 radical (unpaired) electrons. The highest BCUT2D eigenvalue weighted by Gasteiger charge is 2.18. The molecule has 0 aliphatic rings. The molecule has 1 heterocycles. The summed E-state index contributed by atoms with van der Waals surface area (Å²) in [6.07, 6.45) is 0.881. The highest BCUT2D eigenvalue weighted by Crippen LogP contribution is 2.27. The fourth-order valence-electron chi connectivity index (χ4n) is 3.53. The number of hydrogen-bond donors (Lipinski definition) is 2. The molecule has 0 saturated heterocycles. The Morgan fingerprint density at radius 1 is 1.17 bits per heavy atom. The standard InChI is InChI=1S/C25H31N5O4S/c1-5-20(19-8-6-7-9-21(19)34-16-23(32)29(2)3)26-22(31)14-15-30-24(27-28-25(30)35)17-10-12-18(33-4)13-11-17/h6-13,20H,5,14-16H2,1-4H3,(H,26,31)(H,28,35). The first-order valence-electron chi connectivity index (χ1n) is 11.3. The van der Waals surface area contributed by atoms with Crippen molar-refractivity contribution in [3.63, 3.8) is 0 Å². The Kier molecular flexibility index (Phi) is 9.02. The number of carbonyl (C=O) groups excluding carboxylic acids is 2. The number of nitrogens with one attached hydrogen (secondary N) is 2. The highest BCUT2D eigenvalue weighted by molar-refractivity contribution is 7.71. The molecule has 0 saturated carbocycles. The zero-order valence-corrected chi connectivity index (χ0v) is 21.2. The van der Waals surface area contributed by atoms with Gasteiger partial charge in [0.1, 0.15) is 11.5 Å². The van der Waals surface area contributed by atoms with Gasteiger partial charge < -0.3 is 19.7 Å². The molecular weight excluding hydrogens is 466 g/mol. The Morgan fingerprint density at radius 2 is 1.89 bits per heavy atom. The first-order valence-corrected chi connectivity index (χ1v) is 11.8. The Morgan fingerprint density at radius 3 is 2.54 bits per heavy atom. The lowest BCUT2D eigenvalue weighted by molar-refractivity contribution is -0.130. The summed E-state index contributed by atoms with van der Waals surface area (Å²) in [5, 5.41) is 10.2. The first-order chi connectivity index (χ1) is 16.8. The maximum Gasteiger partial charge on any atom is 0.259 e. The van der Waals surface area contributed by atoms with Gasteiger partial charge in [0.2, 0.25) is 5.91 Å². The van der Waals surface area contributed by atoms with Crippen LogP contribution in [-0.4, -0.2) is 59.3 Å². The summed E-state index contributed by atoms with van der Waals surface area (Å²) in [4.78, 5) is 26.3. The monoisotopic (exact) mass is 497 g/mol. The molecule has 3 aromatic rings. The number of nitrogens with zero attached hydrogens (tertiary/aromatic N) is 3. The molecule has 0 aliphatic heterocycles. The van der Waals surface area contributed by atoms with E-state index >= 15 is 0 Å². The maximum absolute atomic E-state index is 12.9. The van der Waals surface area contributed by atoms with Gasteiger partial charge in [0, 0.05) is 38.2 Å². The van der Waals surface area contributed by atoms with Crippen LogP contribution in [0.5, 0.6) is 11.5 Å². The van der Waals surface area contributed by atoms with Crippen LogP contribution in [0.15, 0.2) is 48.5 Å². The number of H-pyrrole nitrogens is 1. The van der Waals surface area contributed by atoms with Gasteiger partial charge in [0.15, 0.2) is 17.2 Å². The summed E-state index contributed by atoms with van der Waals surface area (Å²) in [6, 6.07) is 14.7. The van der Waals surface area contributed by atoms with E-state index in [1.807, 2.05) is 54.0 Å². The topological polar surface area (TPSA) is 101 Å². The van der Waals surface area contributed by atoms with E-state index in [1.54, 1.807) is 27.3 Å². The lowest BCUT2D eigenvalue weighted by Crippen LogP contribution is -2.30. The SMILES string of the molecule is CCC(NC(=O)CCn1c(-c2ccc(OC)cc2)n[nH]c1=S)c1ccccc1OCC(=O)N(C)C. The number of carbonyl (C=O) groups is 2. The summed E-state index contributed by atoms with van der Waals surface area (Å²) in [7, 11) is 4.97. The fraction of sp³-hybridized carbons (Fsp3) is 0.360. The van der Waals surface area contributed by atoms with E-state index < -0.39 is 0 Å². The van der Waals surface area contributed by atoms with Crippen molar-refractivity contribution >= 4 is 24.0 Å². The van der Waals surface area contributed by atoms with Crippen molar-refractivity contribution in [2.24, 2.45) is 0 Å². The van der Waals surface area contributed by atoms with Crippen LogP contribution in [0.25, 0.3) is 11.4 Å². The minimum Gasteiger partial charge on any atom is -0.497 e. The van der Waals surface area contributed by atoms with Crippen molar-refractivity contribution in [1.82, 2.24) is 25.0 Å². The van der Waals surface area contributed by atoms with Crippen LogP contribution in [0.3, 0.4) is 0 Å². The van der Waals surface area contributed by atoms with Crippen molar-refractivity contribution in [3.8, 4) is 22.9 Å². The number of aromatic nitrogens is 3. The Labute approximate surface area is 210 Å². The molecule has 10 heteroatoms. The molecule has 186 valence electrons. The van der Waals surface area contributed by atoms with E-state index in [1.165, 1.54) is 4.90 Å². The number of amides is 2. The number of benzene rings is 2. The summed E-state index contributed by atoms with van der Waals surface area (Å²) in [5.74, 6) is 1.71. The predicted octanol–water partition coefficient (Wildman–Crippen LogP) is 3.74. The van der Waals surface area contributed by atoms with Gasteiger partial charge in [0.25, 0.3) is 5.91 Å². The van der Waals surface area contributed by atoms with E-state index in [-0.39, 0.29) is 30.9 Å². The molecule has 2 amide bonds. The van der Waals surface area contributed by atoms with Gasteiger partial charge >= 0.3 is 0 Å². The van der Waals surface area contributed by atoms with Gasteiger partial charge in [-0.1, -0.05) is 25.1 Å². The predicted molar refractivity (Wildman–Crippen MR) is 136 cm³/mol. The molecule has 0 aliphatic carbocycles. The number of rotatable bonds is 11. The van der Waals surface area contributed by atoms with Gasteiger partial charge in [-0.25, -0.2) is 0 Å². The summed E-state index contributed by atoms with van der Waals surface area (Å²) in [6.45, 7) is 2.29. The Balaban J connectivity index is 1.67. The van der Waals surface area contributed by atoms with Crippen LogP contribution in [0.4, 0.5) is 0 Å². The van der Waals surface area contributed by atoms with Crippen molar-refractivity contribution in [1.29, 1.82) is 0 Å². The third kappa shape index (κ3) is 6.69. The minimum atomic E-state index is -0.258. The van der Waals surface area contributed by atoms with E-state index in [9.17, 15) is 9.59 Å². The van der Waals surface area contributed by atoms with Gasteiger partial charge in [-0.15, -0.1) is 0 Å². The number of para-hydroxylation sites is 1. The van der Waals surface area contributed by atoms with Crippen LogP contribution in [0.1, 0.15) is 31.4 Å². The number of hydrogen-bond acceptors (Lipinski definition) is 6. The van der Waals surface area contributed by atoms with E-state index in [0.29, 0.717) is 29.3 Å². The molecule has 2 aromatic carbocycles. The molecule has 0 spiro atoms. The van der Waals surface area contributed by atoms with Crippen LogP contribution in [0, 0.1) is 4.77 Å². The lowest BCUT2D eigenvalue weighted by Gasteiger charge is -2.21. The second-order valence-corrected chi connectivity index (χ2v) is 8.51. The zero-order valence-electron chi connectivity index (χ0n) is 20.4. The van der Waals surface area contributed by atoms with Crippen molar-refractivity contribution < 1.29 is 19.1 Å². The largest absolute Gasteiger partial charge is 0.497 e. The highest BCUT2D eigenvalue weighted by atomic mass is 32.1. The van der Waals surface area contributed by atoms with Crippen molar-refractivity contribution in [2.75, 3.05) is 27.8 Å². The Bertz CT molecular complexity index is 1200. The van der Waals surface area contributed by atoms with Crippen molar-refractivity contribution in [2.45, 2.75) is 32.4 Å². The molecule has 1 unspecified atom stereocenters. The quantitative estimate of drug-likeness (QED) is 0.392. The molecule has 1 aromatic heterocycles. The van der Waals surface area contributed by atoms with Crippen molar-refractivity contribution in [3.05, 3.63) is 58.9 Å². The summed E-state index contributed by atoms with van der Waals surface area (Å²) < 4.78 is 13.2. The normalized spacial score (nSPS) is 11.5. The number of ether oxygens (including phenoxy) is 2. The van der Waals surface area contributed by atoms with Gasteiger partial charge in [-0.3, -0.25) is 19.3 Å². The van der Waals surface area contributed by atoms with Gasteiger partial charge in [-0.2, -0.15) is 5.10 Å². The minimum absolute atomic E-state index is 0.0682. The number of likely N-dealkylation sites (N-methyl/N-ethyl adjacent to an activating group) is 1. The van der Waals surface area contributed by atoms with Crippen LogP contribution >= 0.6 is 12.2 Å². The average Bonchev–Trinajstić information content (AvgIpc) is 3.24. The second kappa shape index (κ2) is 12.2. The van der Waals surface area contributed by atoms with Crippen LogP contribution in [-0.2, 0) is 16.1 Å². The molecule has 0 fully saturated rings. The van der Waals surface area contributed by atoms with E-state index in [0.717, 1.165) is 16.9 Å². The second-order valence-electron chi connectivity index (χ2n) is 8.13. The maximum atomic E-state index is 12.9. The van der Waals surface area contributed by atoms with E-state index in [2.05, 4.69) is 15.5 Å². The Hall–Kier alpha value is -3.66. The van der Waals surface area contributed by atoms with Crippen LogP contribution in [0.2, 0.25) is 0 Å². The smallest absolute Gasteiger partial charge is 0.259 e. The van der Waals surface area contributed by atoms with Gasteiger partial charge in [0.05, 0.1) is 13.2 Å². The van der Waals surface area contributed by atoms with Gasteiger partial charge in [-0.05, 0) is 49.0 Å². The third-order valence-corrected chi connectivity index (χ3v) is 5.87. The zero-order chi connectivity index (χ0) is 25.4. The molecule has 3 rings (SSSR count). The average molecular weight is 498 g/mol. The summed E-state index contributed by atoms with van der Waals surface area (Å²) >= 11 is 5.39. The molecule has 9 nitrogen and oxygen atoms in total. The fourth-order valence-corrected chi connectivity index (χ4v) is 3.76. The van der Waals surface area contributed by atoms with Crippen LogP contribution < -0.4 is 14.8 Å². The molecule has 1 atom stereocenters. The first kappa shape index (κ1) is 26.0. The lowest BCUT2D eigenvalue weighted by atomic mass is 10.0. The molecule has 35 heavy (non-hydrogen) atoms.